The lowest BCUT2D eigenvalue weighted by Crippen LogP contribution is -2.51. The summed E-state index contributed by atoms with van der Waals surface area (Å²) in [4.78, 5) is 13.1. The molecule has 0 saturated carbocycles. The van der Waals surface area contributed by atoms with Crippen molar-refractivity contribution in [1.29, 1.82) is 0 Å². The molecule has 1 N–H and O–H groups in total. The quantitative estimate of drug-likeness (QED) is 0.447. The Morgan fingerprint density at radius 2 is 2.22 bits per heavy atom. The van der Waals surface area contributed by atoms with Crippen LogP contribution in [-0.2, 0) is 4.74 Å². The van der Waals surface area contributed by atoms with E-state index in [2.05, 4.69) is 5.16 Å². The number of hydrogen-bond acceptors (Lipinski definition) is 4. The van der Waals surface area contributed by atoms with Gasteiger partial charge in [-0.3, -0.25) is 0 Å². The lowest BCUT2D eigenvalue weighted by molar-refractivity contribution is 0.000446. The predicted octanol–water partition coefficient (Wildman–Crippen LogP) is 2.43. The summed E-state index contributed by atoms with van der Waals surface area (Å²) < 4.78 is 19.2. The number of likely N-dealkylation sites (tertiary alicyclic amines) is 1. The summed E-state index contributed by atoms with van der Waals surface area (Å²) in [7, 11) is 0. The molecular formula is C12H21FN2O3. The molecule has 0 spiro atoms. The van der Waals surface area contributed by atoms with Gasteiger partial charge >= 0.3 is 6.09 Å². The maximum atomic E-state index is 14.0. The first-order valence-electron chi connectivity index (χ1n) is 5.98. The van der Waals surface area contributed by atoms with Crippen LogP contribution in [-0.4, -0.2) is 47.3 Å². The molecule has 6 heteroatoms. The van der Waals surface area contributed by atoms with Crippen LogP contribution in [0.15, 0.2) is 5.16 Å². The second-order valence-electron chi connectivity index (χ2n) is 5.89. The van der Waals surface area contributed by atoms with Gasteiger partial charge in [-0.15, -0.1) is 5.16 Å². The molecule has 1 saturated heterocycles. The third kappa shape index (κ3) is 3.58. The fourth-order valence-corrected chi connectivity index (χ4v) is 1.80. The maximum absolute atomic E-state index is 14.0. The third-order valence-corrected chi connectivity index (χ3v) is 3.02. The normalized spacial score (nSPS) is 29.6. The van der Waals surface area contributed by atoms with E-state index in [1.165, 1.54) is 11.1 Å². The van der Waals surface area contributed by atoms with Crippen molar-refractivity contribution in [3.05, 3.63) is 0 Å². The molecular weight excluding hydrogens is 239 g/mol. The fraction of sp³-hybridized carbons (Fsp3) is 0.833. The van der Waals surface area contributed by atoms with E-state index in [-0.39, 0.29) is 6.54 Å². The topological polar surface area (TPSA) is 62.1 Å². The molecule has 1 aliphatic rings. The largest absolute Gasteiger partial charge is 0.444 e. The zero-order valence-electron chi connectivity index (χ0n) is 11.3. The van der Waals surface area contributed by atoms with Gasteiger partial charge in [-0.1, -0.05) is 6.92 Å². The Morgan fingerprint density at radius 3 is 2.67 bits per heavy atom. The molecule has 0 aliphatic carbocycles. The number of hydrogen-bond donors (Lipinski definition) is 1. The van der Waals surface area contributed by atoms with Crippen molar-refractivity contribution < 1.29 is 19.1 Å². The zero-order chi connectivity index (χ0) is 14.0. The Bertz CT molecular complexity index is 341. The van der Waals surface area contributed by atoms with Crippen molar-refractivity contribution in [1.82, 2.24) is 4.90 Å². The van der Waals surface area contributed by atoms with E-state index in [4.69, 9.17) is 9.94 Å². The highest BCUT2D eigenvalue weighted by Gasteiger charge is 2.41. The molecule has 1 amide bonds. The highest BCUT2D eigenvalue weighted by Crippen LogP contribution is 2.32. The standard InChI is InChI=1S/C12H21FN2O3/c1-11(2,3)18-10(16)15-6-5-12(4,8-14-17)9(13)7-15/h8-9,17H,5-7H2,1-4H3/b14-8+. The molecule has 0 aromatic carbocycles. The molecule has 1 heterocycles. The zero-order valence-corrected chi connectivity index (χ0v) is 11.3. The van der Waals surface area contributed by atoms with E-state index in [0.717, 1.165) is 0 Å². The highest BCUT2D eigenvalue weighted by molar-refractivity contribution is 5.70. The Kier molecular flexibility index (Phi) is 4.19. The Hall–Kier alpha value is -1.33. The van der Waals surface area contributed by atoms with Crippen molar-refractivity contribution in [2.24, 2.45) is 10.6 Å². The number of amides is 1. The van der Waals surface area contributed by atoms with E-state index in [1.807, 2.05) is 0 Å². The molecule has 0 bridgehead atoms. The van der Waals surface area contributed by atoms with Gasteiger partial charge < -0.3 is 14.8 Å². The number of oxime groups is 1. The van der Waals surface area contributed by atoms with Gasteiger partial charge in [0.15, 0.2) is 0 Å². The summed E-state index contributed by atoms with van der Waals surface area (Å²) in [6, 6.07) is 0. The molecule has 2 unspecified atom stereocenters. The molecule has 1 aliphatic heterocycles. The number of piperidine rings is 1. The third-order valence-electron chi connectivity index (χ3n) is 3.02. The SMILES string of the molecule is CC(C)(C)OC(=O)N1CCC(C)(/C=N/O)C(F)C1. The van der Waals surface area contributed by atoms with Crippen LogP contribution in [0.2, 0.25) is 0 Å². The fourth-order valence-electron chi connectivity index (χ4n) is 1.80. The van der Waals surface area contributed by atoms with Crippen LogP contribution in [0, 0.1) is 5.41 Å². The van der Waals surface area contributed by atoms with E-state index >= 15 is 0 Å². The molecule has 0 radical (unpaired) electrons. The molecule has 0 aromatic heterocycles. The van der Waals surface area contributed by atoms with Gasteiger partial charge in [-0.05, 0) is 27.2 Å². The summed E-state index contributed by atoms with van der Waals surface area (Å²) in [5, 5.41) is 11.4. The molecule has 0 aromatic rings. The van der Waals surface area contributed by atoms with Crippen molar-refractivity contribution in [3.8, 4) is 0 Å². The van der Waals surface area contributed by atoms with Gasteiger partial charge in [0.1, 0.15) is 11.8 Å². The van der Waals surface area contributed by atoms with Crippen LogP contribution in [0.25, 0.3) is 0 Å². The molecule has 18 heavy (non-hydrogen) atoms. The number of ether oxygens (including phenoxy) is 1. The van der Waals surface area contributed by atoms with Gasteiger partial charge in [0.2, 0.25) is 0 Å². The van der Waals surface area contributed by atoms with Gasteiger partial charge in [0.25, 0.3) is 0 Å². The van der Waals surface area contributed by atoms with Crippen molar-refractivity contribution in [2.45, 2.75) is 45.9 Å². The van der Waals surface area contributed by atoms with Crippen molar-refractivity contribution >= 4 is 12.3 Å². The number of carbonyl (C=O) groups is 1. The molecule has 1 rings (SSSR count). The highest BCUT2D eigenvalue weighted by atomic mass is 19.1. The van der Waals surface area contributed by atoms with Crippen molar-refractivity contribution in [3.63, 3.8) is 0 Å². The smallest absolute Gasteiger partial charge is 0.410 e. The lowest BCUT2D eigenvalue weighted by atomic mass is 9.80. The number of nitrogens with zero attached hydrogens (tertiary/aromatic N) is 2. The second-order valence-corrected chi connectivity index (χ2v) is 5.89. The molecule has 104 valence electrons. The van der Waals surface area contributed by atoms with Gasteiger partial charge in [-0.25, -0.2) is 9.18 Å². The number of carbonyl (C=O) groups excluding carboxylic acids is 1. The molecule has 2 atom stereocenters. The number of alkyl halides is 1. The van der Waals surface area contributed by atoms with Crippen LogP contribution in [0.1, 0.15) is 34.1 Å². The van der Waals surface area contributed by atoms with Crippen LogP contribution >= 0.6 is 0 Å². The first-order valence-corrected chi connectivity index (χ1v) is 5.98. The average Bonchev–Trinajstić information content (AvgIpc) is 2.20. The minimum absolute atomic E-state index is 0.0442. The average molecular weight is 260 g/mol. The molecule has 5 nitrogen and oxygen atoms in total. The predicted molar refractivity (Wildman–Crippen MR) is 65.7 cm³/mol. The van der Waals surface area contributed by atoms with E-state index < -0.39 is 23.3 Å². The van der Waals surface area contributed by atoms with E-state index in [1.54, 1.807) is 27.7 Å². The summed E-state index contributed by atoms with van der Waals surface area (Å²) >= 11 is 0. The summed E-state index contributed by atoms with van der Waals surface area (Å²) in [6.45, 7) is 7.32. The summed E-state index contributed by atoms with van der Waals surface area (Å²) in [6.07, 6.45) is -0.176. The minimum atomic E-state index is -1.27. The van der Waals surface area contributed by atoms with Gasteiger partial charge in [-0.2, -0.15) is 0 Å². The maximum Gasteiger partial charge on any atom is 0.410 e. The van der Waals surface area contributed by atoms with Crippen LogP contribution in [0.4, 0.5) is 9.18 Å². The Labute approximate surface area is 107 Å². The van der Waals surface area contributed by atoms with Crippen LogP contribution < -0.4 is 0 Å². The summed E-state index contributed by atoms with van der Waals surface area (Å²) in [5.74, 6) is 0. The first kappa shape index (κ1) is 14.7. The Morgan fingerprint density at radius 1 is 1.61 bits per heavy atom. The van der Waals surface area contributed by atoms with Gasteiger partial charge in [0.05, 0.1) is 12.8 Å². The molecule has 1 fully saturated rings. The minimum Gasteiger partial charge on any atom is -0.444 e. The van der Waals surface area contributed by atoms with E-state index in [9.17, 15) is 9.18 Å². The van der Waals surface area contributed by atoms with Gasteiger partial charge in [0, 0.05) is 12.0 Å². The number of halogens is 1. The summed E-state index contributed by atoms with van der Waals surface area (Å²) in [5.41, 5.74) is -1.41. The van der Waals surface area contributed by atoms with E-state index in [0.29, 0.717) is 13.0 Å². The first-order chi connectivity index (χ1) is 8.18. The lowest BCUT2D eigenvalue weighted by Gasteiger charge is -2.39. The van der Waals surface area contributed by atoms with Crippen LogP contribution in [0.3, 0.4) is 0 Å². The Balaban J connectivity index is 2.64. The second kappa shape index (κ2) is 5.12. The van der Waals surface area contributed by atoms with Crippen LogP contribution in [0.5, 0.6) is 0 Å². The number of rotatable bonds is 1. The van der Waals surface area contributed by atoms with Crippen molar-refractivity contribution in [2.75, 3.05) is 13.1 Å². The monoisotopic (exact) mass is 260 g/mol.